The Morgan fingerprint density at radius 3 is 2.65 bits per heavy atom. The summed E-state index contributed by atoms with van der Waals surface area (Å²) in [7, 11) is -2.36. The van der Waals surface area contributed by atoms with Gasteiger partial charge in [0.15, 0.2) is 0 Å². The molecule has 0 aliphatic rings. The van der Waals surface area contributed by atoms with Crippen molar-refractivity contribution in [3.05, 3.63) is 23.2 Å². The van der Waals surface area contributed by atoms with Gasteiger partial charge in [0.2, 0.25) is 10.0 Å². The smallest absolute Gasteiger partial charge is 0.244 e. The van der Waals surface area contributed by atoms with Crippen LogP contribution >= 0.6 is 23.4 Å². The van der Waals surface area contributed by atoms with Crippen molar-refractivity contribution in [3.63, 3.8) is 0 Å². The van der Waals surface area contributed by atoms with Gasteiger partial charge in [0.25, 0.3) is 0 Å². The lowest BCUT2D eigenvalue weighted by atomic mass is 10.3. The lowest BCUT2D eigenvalue weighted by Gasteiger charge is -2.21. The fourth-order valence-electron chi connectivity index (χ4n) is 1.68. The summed E-state index contributed by atoms with van der Waals surface area (Å²) in [5.41, 5.74) is 0. The molecule has 1 aromatic rings. The predicted octanol–water partition coefficient (Wildman–Crippen LogP) is 1.74. The number of thioether (sulfide) groups is 1. The van der Waals surface area contributed by atoms with Crippen molar-refractivity contribution in [2.75, 3.05) is 20.0 Å². The van der Waals surface area contributed by atoms with Gasteiger partial charge in [0, 0.05) is 22.4 Å². The lowest BCUT2D eigenvalue weighted by molar-refractivity contribution is 0.282. The van der Waals surface area contributed by atoms with Crippen LogP contribution in [0.5, 0.6) is 5.75 Å². The Labute approximate surface area is 128 Å². The maximum absolute atomic E-state index is 12.3. The highest BCUT2D eigenvalue weighted by molar-refractivity contribution is 7.99. The predicted molar refractivity (Wildman–Crippen MR) is 82.2 cm³/mol. The average molecular weight is 340 g/mol. The van der Waals surface area contributed by atoms with Crippen LogP contribution in [0.25, 0.3) is 0 Å². The van der Waals surface area contributed by atoms with E-state index in [4.69, 9.17) is 16.3 Å². The van der Waals surface area contributed by atoms with Gasteiger partial charge < -0.3 is 9.84 Å². The first kappa shape index (κ1) is 17.6. The molecule has 0 fully saturated rings. The van der Waals surface area contributed by atoms with E-state index in [1.807, 2.05) is 6.26 Å². The van der Waals surface area contributed by atoms with E-state index >= 15 is 0 Å². The highest BCUT2D eigenvalue weighted by Crippen LogP contribution is 2.27. The summed E-state index contributed by atoms with van der Waals surface area (Å²) in [5, 5.41) is 9.38. The molecule has 0 radical (unpaired) electrons. The summed E-state index contributed by atoms with van der Waals surface area (Å²) >= 11 is 7.21. The molecule has 0 aromatic heterocycles. The van der Waals surface area contributed by atoms with Gasteiger partial charge in [-0.2, -0.15) is 11.8 Å². The third-order valence-electron chi connectivity index (χ3n) is 2.80. The highest BCUT2D eigenvalue weighted by atomic mass is 35.5. The molecule has 5 nitrogen and oxygen atoms in total. The van der Waals surface area contributed by atoms with Crippen LogP contribution in [0.4, 0.5) is 0 Å². The van der Waals surface area contributed by atoms with Crippen molar-refractivity contribution in [1.82, 2.24) is 4.72 Å². The molecule has 0 amide bonds. The largest absolute Gasteiger partial charge is 0.495 e. The van der Waals surface area contributed by atoms with Crippen LogP contribution in [0, 0.1) is 0 Å². The Bertz CT molecular complexity index is 546. The zero-order valence-electron chi connectivity index (χ0n) is 11.5. The Balaban J connectivity index is 3.05. The van der Waals surface area contributed by atoms with Crippen molar-refractivity contribution in [2.24, 2.45) is 0 Å². The van der Waals surface area contributed by atoms with Crippen LogP contribution in [0.2, 0.25) is 5.02 Å². The number of aliphatic hydroxyl groups excluding tert-OH is 1. The fourth-order valence-corrected chi connectivity index (χ4v) is 3.99. The molecule has 0 saturated carbocycles. The summed E-state index contributed by atoms with van der Waals surface area (Å²) in [4.78, 5) is 0.0223. The molecule has 8 heteroatoms. The molecular formula is C12H18ClNO4S2. The lowest BCUT2D eigenvalue weighted by Crippen LogP contribution is -2.41. The summed E-state index contributed by atoms with van der Waals surface area (Å²) in [6.07, 6.45) is 1.81. The van der Waals surface area contributed by atoms with Crippen LogP contribution in [0.3, 0.4) is 0 Å². The van der Waals surface area contributed by atoms with Crippen molar-refractivity contribution < 1.29 is 18.3 Å². The zero-order valence-corrected chi connectivity index (χ0v) is 13.8. The maximum atomic E-state index is 12.3. The van der Waals surface area contributed by atoms with E-state index in [9.17, 15) is 13.5 Å². The Morgan fingerprint density at radius 2 is 2.15 bits per heavy atom. The molecule has 0 aliphatic heterocycles. The Kier molecular flexibility index (Phi) is 6.60. The zero-order chi connectivity index (χ0) is 15.3. The monoisotopic (exact) mass is 339 g/mol. The topological polar surface area (TPSA) is 75.6 Å². The van der Waals surface area contributed by atoms with Gasteiger partial charge in [-0.25, -0.2) is 13.1 Å². The molecule has 2 unspecified atom stereocenters. The number of methoxy groups -OCH3 is 1. The number of nitrogens with one attached hydrogen (secondary N) is 1. The molecule has 1 rings (SSSR count). The standard InChI is InChI=1S/C12H18ClNO4S2/c1-8(11(7-15)19-3)14-20(16,17)12-5-4-9(13)6-10(12)18-2/h4-6,8,11,14-15H,7H2,1-3H3. The molecule has 0 saturated heterocycles. The number of ether oxygens (including phenoxy) is 1. The number of aliphatic hydroxyl groups is 1. The summed E-state index contributed by atoms with van der Waals surface area (Å²) in [6.45, 7) is 1.60. The fraction of sp³-hybridized carbons (Fsp3) is 0.500. The normalized spacial score (nSPS) is 14.8. The molecule has 1 aromatic carbocycles. The average Bonchev–Trinajstić information content (AvgIpc) is 2.38. The number of rotatable bonds is 7. The number of hydrogen-bond acceptors (Lipinski definition) is 5. The second-order valence-electron chi connectivity index (χ2n) is 4.16. The van der Waals surface area contributed by atoms with Crippen LogP contribution in [0.1, 0.15) is 6.92 Å². The Hall–Kier alpha value is -0.470. The molecule has 0 heterocycles. The third kappa shape index (κ3) is 4.26. The van der Waals surface area contributed by atoms with Gasteiger partial charge in [0.1, 0.15) is 10.6 Å². The second kappa shape index (κ2) is 7.51. The van der Waals surface area contributed by atoms with E-state index in [0.717, 1.165) is 0 Å². The minimum Gasteiger partial charge on any atom is -0.495 e. The summed E-state index contributed by atoms with van der Waals surface area (Å²) < 4.78 is 32.3. The molecule has 0 spiro atoms. The molecule has 2 atom stereocenters. The van der Waals surface area contributed by atoms with Crippen LogP contribution in [0.15, 0.2) is 23.1 Å². The van der Waals surface area contributed by atoms with Crippen molar-refractivity contribution in [1.29, 1.82) is 0 Å². The number of halogens is 1. The quantitative estimate of drug-likeness (QED) is 0.791. The van der Waals surface area contributed by atoms with Crippen LogP contribution in [-0.4, -0.2) is 44.8 Å². The van der Waals surface area contributed by atoms with E-state index < -0.39 is 16.1 Å². The number of benzene rings is 1. The first-order valence-electron chi connectivity index (χ1n) is 5.85. The number of sulfonamides is 1. The molecule has 0 bridgehead atoms. The number of hydrogen-bond donors (Lipinski definition) is 2. The van der Waals surface area contributed by atoms with E-state index in [-0.39, 0.29) is 22.5 Å². The highest BCUT2D eigenvalue weighted by Gasteiger charge is 2.25. The van der Waals surface area contributed by atoms with Crippen molar-refractivity contribution in [2.45, 2.75) is 23.1 Å². The van der Waals surface area contributed by atoms with Crippen LogP contribution in [-0.2, 0) is 10.0 Å². The summed E-state index contributed by atoms with van der Waals surface area (Å²) in [5.74, 6) is 0.182. The minimum absolute atomic E-state index is 0.0223. The van der Waals surface area contributed by atoms with Crippen molar-refractivity contribution >= 4 is 33.4 Å². The van der Waals surface area contributed by atoms with E-state index in [2.05, 4.69) is 4.72 Å². The molecular weight excluding hydrogens is 322 g/mol. The van der Waals surface area contributed by atoms with Crippen molar-refractivity contribution in [3.8, 4) is 5.75 Å². The minimum atomic E-state index is -3.74. The molecule has 2 N–H and O–H groups in total. The molecule has 0 aliphatic carbocycles. The first-order valence-corrected chi connectivity index (χ1v) is 9.00. The SMILES string of the molecule is COc1cc(Cl)ccc1S(=O)(=O)NC(C)C(CO)SC. The van der Waals surface area contributed by atoms with Gasteiger partial charge in [-0.1, -0.05) is 11.6 Å². The molecule has 20 heavy (non-hydrogen) atoms. The maximum Gasteiger partial charge on any atom is 0.244 e. The van der Waals surface area contributed by atoms with Crippen LogP contribution < -0.4 is 9.46 Å². The van der Waals surface area contributed by atoms with Gasteiger partial charge in [0.05, 0.1) is 13.7 Å². The third-order valence-corrected chi connectivity index (χ3v) is 5.79. The first-order chi connectivity index (χ1) is 9.35. The summed E-state index contributed by atoms with van der Waals surface area (Å²) in [6, 6.07) is 3.91. The van der Waals surface area contributed by atoms with Gasteiger partial charge in [-0.05, 0) is 25.3 Å². The van der Waals surface area contributed by atoms with Gasteiger partial charge in [-0.15, -0.1) is 0 Å². The van der Waals surface area contributed by atoms with E-state index in [1.165, 1.54) is 37.1 Å². The van der Waals surface area contributed by atoms with E-state index in [0.29, 0.717) is 5.02 Å². The second-order valence-corrected chi connectivity index (χ2v) is 7.36. The van der Waals surface area contributed by atoms with Gasteiger partial charge >= 0.3 is 0 Å². The molecule has 114 valence electrons. The van der Waals surface area contributed by atoms with E-state index in [1.54, 1.807) is 6.92 Å². The van der Waals surface area contributed by atoms with Gasteiger partial charge in [-0.3, -0.25) is 0 Å². The Morgan fingerprint density at radius 1 is 1.50 bits per heavy atom.